The Kier molecular flexibility index (Phi) is 4.45. The van der Waals surface area contributed by atoms with Crippen LogP contribution >= 0.6 is 27.5 Å². The Morgan fingerprint density at radius 2 is 1.89 bits per heavy atom. The summed E-state index contributed by atoms with van der Waals surface area (Å²) in [5.41, 5.74) is 8.61. The highest BCUT2D eigenvalue weighted by molar-refractivity contribution is 9.10. The van der Waals surface area contributed by atoms with Crippen LogP contribution in [0.1, 0.15) is 16.7 Å². The van der Waals surface area contributed by atoms with Crippen LogP contribution < -0.4 is 10.5 Å². The molecule has 0 saturated carbocycles. The SMILES string of the molecule is Cc1cc(Oc2ncc(CN)cc2Cl)cc(C)c1Br. The van der Waals surface area contributed by atoms with Gasteiger partial charge < -0.3 is 10.5 Å². The second-order valence-corrected chi connectivity index (χ2v) is 5.51. The van der Waals surface area contributed by atoms with E-state index in [4.69, 9.17) is 22.1 Å². The highest BCUT2D eigenvalue weighted by Gasteiger charge is 2.08. The third-order valence-electron chi connectivity index (χ3n) is 2.72. The summed E-state index contributed by atoms with van der Waals surface area (Å²) in [5, 5.41) is 0.459. The molecule has 2 rings (SSSR count). The number of nitrogens with two attached hydrogens (primary N) is 1. The number of pyridine rings is 1. The van der Waals surface area contributed by atoms with Crippen LogP contribution in [-0.4, -0.2) is 4.98 Å². The van der Waals surface area contributed by atoms with Gasteiger partial charge in [0.25, 0.3) is 0 Å². The van der Waals surface area contributed by atoms with Crippen LogP contribution in [-0.2, 0) is 6.54 Å². The van der Waals surface area contributed by atoms with E-state index in [-0.39, 0.29) is 0 Å². The topological polar surface area (TPSA) is 48.1 Å². The molecule has 5 heteroatoms. The van der Waals surface area contributed by atoms with E-state index < -0.39 is 0 Å². The molecule has 1 heterocycles. The number of halogens is 2. The zero-order valence-corrected chi connectivity index (χ0v) is 13.0. The third-order valence-corrected chi connectivity index (χ3v) is 4.25. The van der Waals surface area contributed by atoms with Crippen molar-refractivity contribution in [2.24, 2.45) is 5.73 Å². The van der Waals surface area contributed by atoms with Gasteiger partial charge >= 0.3 is 0 Å². The largest absolute Gasteiger partial charge is 0.438 e. The molecule has 0 fully saturated rings. The maximum Gasteiger partial charge on any atom is 0.238 e. The lowest BCUT2D eigenvalue weighted by Gasteiger charge is -2.10. The van der Waals surface area contributed by atoms with Gasteiger partial charge in [-0.15, -0.1) is 0 Å². The number of benzene rings is 1. The van der Waals surface area contributed by atoms with Gasteiger partial charge in [-0.25, -0.2) is 4.98 Å². The molecule has 100 valence electrons. The van der Waals surface area contributed by atoms with Gasteiger partial charge in [-0.1, -0.05) is 27.5 Å². The Bertz CT molecular complexity index is 593. The lowest BCUT2D eigenvalue weighted by atomic mass is 10.1. The highest BCUT2D eigenvalue weighted by atomic mass is 79.9. The minimum absolute atomic E-state index is 0.389. The summed E-state index contributed by atoms with van der Waals surface area (Å²) in [4.78, 5) is 4.18. The van der Waals surface area contributed by atoms with E-state index in [1.165, 1.54) is 0 Å². The molecule has 1 aromatic heterocycles. The summed E-state index contributed by atoms with van der Waals surface area (Å²) in [6, 6.07) is 5.64. The summed E-state index contributed by atoms with van der Waals surface area (Å²) in [7, 11) is 0. The summed E-state index contributed by atoms with van der Waals surface area (Å²) in [6.45, 7) is 4.43. The lowest BCUT2D eigenvalue weighted by Crippen LogP contribution is -1.98. The fourth-order valence-corrected chi connectivity index (χ4v) is 2.18. The van der Waals surface area contributed by atoms with Crippen LogP contribution in [0.3, 0.4) is 0 Å². The third kappa shape index (κ3) is 3.26. The molecule has 0 aliphatic rings. The molecule has 3 nitrogen and oxygen atoms in total. The molecule has 1 aromatic carbocycles. The van der Waals surface area contributed by atoms with Gasteiger partial charge in [0.1, 0.15) is 10.8 Å². The average molecular weight is 342 g/mol. The minimum Gasteiger partial charge on any atom is -0.438 e. The average Bonchev–Trinajstić information content (AvgIpc) is 2.38. The fraction of sp³-hybridized carbons (Fsp3) is 0.214. The molecule has 0 radical (unpaired) electrons. The second kappa shape index (κ2) is 5.90. The molecule has 0 atom stereocenters. The van der Waals surface area contributed by atoms with Crippen molar-refractivity contribution < 1.29 is 4.74 Å². The van der Waals surface area contributed by atoms with Crippen LogP contribution in [0.4, 0.5) is 0 Å². The second-order valence-electron chi connectivity index (χ2n) is 4.31. The number of rotatable bonds is 3. The maximum absolute atomic E-state index is 6.12. The van der Waals surface area contributed by atoms with Gasteiger partial charge in [0, 0.05) is 17.2 Å². The van der Waals surface area contributed by atoms with Crippen LogP contribution in [0.25, 0.3) is 0 Å². The predicted octanol–water partition coefficient (Wildman–Crippen LogP) is 4.37. The monoisotopic (exact) mass is 340 g/mol. The molecule has 0 spiro atoms. The van der Waals surface area contributed by atoms with Crippen molar-refractivity contribution in [2.45, 2.75) is 20.4 Å². The first-order chi connectivity index (χ1) is 9.01. The smallest absolute Gasteiger partial charge is 0.238 e. The summed E-state index contributed by atoms with van der Waals surface area (Å²) < 4.78 is 6.80. The Hall–Kier alpha value is -1.10. The molecule has 0 aliphatic carbocycles. The molecule has 0 aliphatic heterocycles. The van der Waals surface area contributed by atoms with E-state index >= 15 is 0 Å². The number of hydrogen-bond donors (Lipinski definition) is 1. The van der Waals surface area contributed by atoms with Gasteiger partial charge in [-0.05, 0) is 48.7 Å². The quantitative estimate of drug-likeness (QED) is 0.902. The minimum atomic E-state index is 0.389. The Morgan fingerprint density at radius 3 is 2.42 bits per heavy atom. The van der Waals surface area contributed by atoms with Crippen LogP contribution in [0.15, 0.2) is 28.9 Å². The van der Waals surface area contributed by atoms with Gasteiger partial charge in [0.15, 0.2) is 0 Å². The lowest BCUT2D eigenvalue weighted by molar-refractivity contribution is 0.462. The van der Waals surface area contributed by atoms with Crippen molar-refractivity contribution in [3.8, 4) is 11.6 Å². The van der Waals surface area contributed by atoms with Crippen molar-refractivity contribution in [2.75, 3.05) is 0 Å². The molecule has 0 bridgehead atoms. The summed E-state index contributed by atoms with van der Waals surface area (Å²) in [5.74, 6) is 1.10. The van der Waals surface area contributed by atoms with Crippen molar-refractivity contribution in [1.82, 2.24) is 4.98 Å². The molecule has 0 unspecified atom stereocenters. The van der Waals surface area contributed by atoms with E-state index in [0.29, 0.717) is 23.2 Å². The van der Waals surface area contributed by atoms with Gasteiger partial charge in [0.2, 0.25) is 5.88 Å². The number of nitrogens with zero attached hydrogens (tertiary/aromatic N) is 1. The molecule has 0 amide bonds. The maximum atomic E-state index is 6.12. The van der Waals surface area contributed by atoms with E-state index in [2.05, 4.69) is 20.9 Å². The Balaban J connectivity index is 2.31. The van der Waals surface area contributed by atoms with Crippen molar-refractivity contribution in [3.63, 3.8) is 0 Å². The van der Waals surface area contributed by atoms with Gasteiger partial charge in [0.05, 0.1) is 0 Å². The molecule has 2 N–H and O–H groups in total. The molecular weight excluding hydrogens is 328 g/mol. The number of aromatic nitrogens is 1. The highest BCUT2D eigenvalue weighted by Crippen LogP contribution is 2.31. The van der Waals surface area contributed by atoms with Crippen LogP contribution in [0, 0.1) is 13.8 Å². The van der Waals surface area contributed by atoms with Gasteiger partial charge in [-0.2, -0.15) is 0 Å². The van der Waals surface area contributed by atoms with Crippen molar-refractivity contribution in [3.05, 3.63) is 50.6 Å². The molecule has 2 aromatic rings. The first-order valence-electron chi connectivity index (χ1n) is 5.80. The zero-order valence-electron chi connectivity index (χ0n) is 10.7. The number of ether oxygens (including phenoxy) is 1. The van der Waals surface area contributed by atoms with Gasteiger partial charge in [-0.3, -0.25) is 0 Å². The molecule has 19 heavy (non-hydrogen) atoms. The van der Waals surface area contributed by atoms with Crippen LogP contribution in [0.2, 0.25) is 5.02 Å². The fourth-order valence-electron chi connectivity index (χ4n) is 1.73. The Labute approximate surface area is 125 Å². The van der Waals surface area contributed by atoms with E-state index in [0.717, 1.165) is 21.2 Å². The first-order valence-corrected chi connectivity index (χ1v) is 6.97. The number of hydrogen-bond acceptors (Lipinski definition) is 3. The van der Waals surface area contributed by atoms with E-state index in [1.807, 2.05) is 26.0 Å². The predicted molar refractivity (Wildman–Crippen MR) is 80.8 cm³/mol. The Morgan fingerprint density at radius 1 is 1.26 bits per heavy atom. The van der Waals surface area contributed by atoms with Crippen LogP contribution in [0.5, 0.6) is 11.6 Å². The number of aryl methyl sites for hydroxylation is 2. The van der Waals surface area contributed by atoms with Crippen molar-refractivity contribution in [1.29, 1.82) is 0 Å². The summed E-state index contributed by atoms with van der Waals surface area (Å²) >= 11 is 9.64. The van der Waals surface area contributed by atoms with Crippen molar-refractivity contribution >= 4 is 27.5 Å². The molecule has 0 saturated heterocycles. The van der Waals surface area contributed by atoms with E-state index in [9.17, 15) is 0 Å². The summed E-state index contributed by atoms with van der Waals surface area (Å²) in [6.07, 6.45) is 1.67. The van der Waals surface area contributed by atoms with E-state index in [1.54, 1.807) is 12.3 Å². The standard InChI is InChI=1S/C14H14BrClN2O/c1-8-3-11(4-9(2)13(8)15)19-14-12(16)5-10(6-17)7-18-14/h3-5,7H,6,17H2,1-2H3. The normalized spacial score (nSPS) is 10.6. The molecular formula is C14H14BrClN2O. The first kappa shape index (κ1) is 14.3. The zero-order chi connectivity index (χ0) is 14.0.